The Hall–Kier alpha value is -2.82. The Morgan fingerprint density at radius 2 is 1.77 bits per heavy atom. The fourth-order valence-electron chi connectivity index (χ4n) is 2.10. The van der Waals surface area contributed by atoms with Crippen molar-refractivity contribution in [2.24, 2.45) is 0 Å². The summed E-state index contributed by atoms with van der Waals surface area (Å²) in [5, 5.41) is 5.55. The van der Waals surface area contributed by atoms with Crippen molar-refractivity contribution in [1.29, 1.82) is 0 Å². The molecule has 0 radical (unpaired) electrons. The molecule has 0 unspecified atom stereocenters. The van der Waals surface area contributed by atoms with Gasteiger partial charge in [0.05, 0.1) is 12.7 Å². The fraction of sp³-hybridized carbons (Fsp3) is 0.176. The van der Waals surface area contributed by atoms with Gasteiger partial charge in [-0.05, 0) is 42.8 Å². The molecule has 2 rings (SSSR count). The number of aryl methyl sites for hydroxylation is 1. The van der Waals surface area contributed by atoms with Crippen molar-refractivity contribution in [3.63, 3.8) is 0 Å². The molecule has 114 valence electrons. The number of benzene rings is 2. The summed E-state index contributed by atoms with van der Waals surface area (Å²) in [5.41, 5.74) is 2.71. The topological polar surface area (TPSA) is 67.4 Å². The Balaban J connectivity index is 2.18. The molecule has 0 heterocycles. The summed E-state index contributed by atoms with van der Waals surface area (Å²) in [6, 6.07) is 12.3. The molecule has 0 spiro atoms. The number of ether oxygens (including phenoxy) is 1. The zero-order valence-electron chi connectivity index (χ0n) is 12.8. The van der Waals surface area contributed by atoms with E-state index in [1.807, 2.05) is 13.0 Å². The number of nitrogens with one attached hydrogen (secondary N) is 2. The van der Waals surface area contributed by atoms with Crippen molar-refractivity contribution in [2.45, 2.75) is 13.8 Å². The normalized spacial score (nSPS) is 9.95. The summed E-state index contributed by atoms with van der Waals surface area (Å²) in [4.78, 5) is 23.4. The third-order valence-electron chi connectivity index (χ3n) is 3.15. The maximum Gasteiger partial charge on any atom is 0.259 e. The van der Waals surface area contributed by atoms with Crippen LogP contribution in [0.15, 0.2) is 42.5 Å². The van der Waals surface area contributed by atoms with Gasteiger partial charge in [0, 0.05) is 18.3 Å². The van der Waals surface area contributed by atoms with Crippen LogP contribution in [-0.4, -0.2) is 18.9 Å². The molecule has 22 heavy (non-hydrogen) atoms. The standard InChI is InChI=1S/C17H18N2O3/c1-11-10-13(8-9-15(11)18-12(2)20)19-17(21)14-6-4-5-7-16(14)22-3/h4-10H,1-3H3,(H,18,20)(H,19,21). The third kappa shape index (κ3) is 3.63. The van der Waals surface area contributed by atoms with Gasteiger partial charge in [-0.3, -0.25) is 9.59 Å². The molecule has 0 atom stereocenters. The van der Waals surface area contributed by atoms with Gasteiger partial charge in [0.25, 0.3) is 5.91 Å². The summed E-state index contributed by atoms with van der Waals surface area (Å²) < 4.78 is 5.18. The van der Waals surface area contributed by atoms with Crippen LogP contribution < -0.4 is 15.4 Å². The fourth-order valence-corrected chi connectivity index (χ4v) is 2.10. The molecule has 2 N–H and O–H groups in total. The van der Waals surface area contributed by atoms with Crippen LogP contribution in [-0.2, 0) is 4.79 Å². The molecule has 0 bridgehead atoms. The van der Waals surface area contributed by atoms with Gasteiger partial charge in [-0.15, -0.1) is 0 Å². The van der Waals surface area contributed by atoms with Crippen LogP contribution in [0.3, 0.4) is 0 Å². The third-order valence-corrected chi connectivity index (χ3v) is 3.15. The van der Waals surface area contributed by atoms with Crippen LogP contribution >= 0.6 is 0 Å². The highest BCUT2D eigenvalue weighted by Crippen LogP contribution is 2.22. The number of para-hydroxylation sites is 1. The van der Waals surface area contributed by atoms with Crippen molar-refractivity contribution in [1.82, 2.24) is 0 Å². The molecule has 5 heteroatoms. The van der Waals surface area contributed by atoms with Crippen LogP contribution in [0.5, 0.6) is 5.75 Å². The van der Waals surface area contributed by atoms with Gasteiger partial charge in [0.2, 0.25) is 5.91 Å². The number of hydrogen-bond acceptors (Lipinski definition) is 3. The summed E-state index contributed by atoms with van der Waals surface area (Å²) in [6.45, 7) is 3.32. The zero-order valence-corrected chi connectivity index (χ0v) is 12.8. The predicted molar refractivity (Wildman–Crippen MR) is 86.4 cm³/mol. The zero-order chi connectivity index (χ0) is 16.1. The number of anilines is 2. The van der Waals surface area contributed by atoms with E-state index in [-0.39, 0.29) is 11.8 Å². The van der Waals surface area contributed by atoms with E-state index in [1.54, 1.807) is 36.4 Å². The molecule has 0 aromatic heterocycles. The molecule has 0 saturated carbocycles. The molecule has 5 nitrogen and oxygen atoms in total. The summed E-state index contributed by atoms with van der Waals surface area (Å²) >= 11 is 0. The average Bonchev–Trinajstić information content (AvgIpc) is 2.49. The Morgan fingerprint density at radius 1 is 1.05 bits per heavy atom. The lowest BCUT2D eigenvalue weighted by atomic mass is 10.1. The first-order valence-corrected chi connectivity index (χ1v) is 6.84. The minimum absolute atomic E-state index is 0.131. The number of amides is 2. The van der Waals surface area contributed by atoms with Crippen LogP contribution in [0.25, 0.3) is 0 Å². The maximum atomic E-state index is 12.3. The van der Waals surface area contributed by atoms with E-state index in [1.165, 1.54) is 14.0 Å². The van der Waals surface area contributed by atoms with E-state index in [0.717, 1.165) is 11.3 Å². The second-order valence-electron chi connectivity index (χ2n) is 4.87. The highest BCUT2D eigenvalue weighted by atomic mass is 16.5. The van der Waals surface area contributed by atoms with Crippen molar-refractivity contribution < 1.29 is 14.3 Å². The van der Waals surface area contributed by atoms with Gasteiger partial charge in [-0.1, -0.05) is 12.1 Å². The predicted octanol–water partition coefficient (Wildman–Crippen LogP) is 3.21. The average molecular weight is 298 g/mol. The highest BCUT2D eigenvalue weighted by molar-refractivity contribution is 6.06. The number of rotatable bonds is 4. The lowest BCUT2D eigenvalue weighted by Crippen LogP contribution is -2.13. The second kappa shape index (κ2) is 6.76. The Labute approximate surface area is 129 Å². The van der Waals surface area contributed by atoms with Crippen molar-refractivity contribution in [2.75, 3.05) is 17.7 Å². The van der Waals surface area contributed by atoms with Gasteiger partial charge in [0.1, 0.15) is 5.75 Å². The number of hydrogen-bond donors (Lipinski definition) is 2. The number of carbonyl (C=O) groups is 2. The molecule has 2 aromatic rings. The largest absolute Gasteiger partial charge is 0.496 e. The monoisotopic (exact) mass is 298 g/mol. The molecule has 0 aliphatic carbocycles. The van der Waals surface area contributed by atoms with Crippen molar-refractivity contribution in [3.05, 3.63) is 53.6 Å². The summed E-state index contributed by atoms with van der Waals surface area (Å²) in [6.07, 6.45) is 0. The molecule has 0 aliphatic rings. The molecule has 0 saturated heterocycles. The number of methoxy groups -OCH3 is 1. The molecule has 0 fully saturated rings. The van der Waals surface area contributed by atoms with Crippen molar-refractivity contribution >= 4 is 23.2 Å². The van der Waals surface area contributed by atoms with E-state index in [0.29, 0.717) is 17.0 Å². The van der Waals surface area contributed by atoms with Crippen LogP contribution in [0.2, 0.25) is 0 Å². The van der Waals surface area contributed by atoms with Crippen LogP contribution in [0.4, 0.5) is 11.4 Å². The van der Waals surface area contributed by atoms with E-state index in [9.17, 15) is 9.59 Å². The van der Waals surface area contributed by atoms with E-state index in [4.69, 9.17) is 4.74 Å². The summed E-state index contributed by atoms with van der Waals surface area (Å²) in [5.74, 6) is 0.143. The second-order valence-corrected chi connectivity index (χ2v) is 4.87. The Morgan fingerprint density at radius 3 is 2.41 bits per heavy atom. The van der Waals surface area contributed by atoms with E-state index in [2.05, 4.69) is 10.6 Å². The molecule has 2 amide bonds. The number of carbonyl (C=O) groups excluding carboxylic acids is 2. The van der Waals surface area contributed by atoms with E-state index >= 15 is 0 Å². The molecular formula is C17H18N2O3. The minimum Gasteiger partial charge on any atom is -0.496 e. The molecule has 0 aliphatic heterocycles. The van der Waals surface area contributed by atoms with E-state index < -0.39 is 0 Å². The van der Waals surface area contributed by atoms with Gasteiger partial charge in [-0.25, -0.2) is 0 Å². The van der Waals surface area contributed by atoms with Gasteiger partial charge in [0.15, 0.2) is 0 Å². The van der Waals surface area contributed by atoms with Crippen LogP contribution in [0, 0.1) is 6.92 Å². The first kappa shape index (κ1) is 15.6. The SMILES string of the molecule is COc1ccccc1C(=O)Nc1ccc(NC(C)=O)c(C)c1. The van der Waals surface area contributed by atoms with Crippen LogP contribution in [0.1, 0.15) is 22.8 Å². The Kier molecular flexibility index (Phi) is 4.78. The van der Waals surface area contributed by atoms with Crippen molar-refractivity contribution in [3.8, 4) is 5.75 Å². The van der Waals surface area contributed by atoms with Gasteiger partial charge >= 0.3 is 0 Å². The summed E-state index contributed by atoms with van der Waals surface area (Å²) in [7, 11) is 1.53. The maximum absolute atomic E-state index is 12.3. The van der Waals surface area contributed by atoms with Gasteiger partial charge in [-0.2, -0.15) is 0 Å². The Bertz CT molecular complexity index is 711. The lowest BCUT2D eigenvalue weighted by molar-refractivity contribution is -0.114. The highest BCUT2D eigenvalue weighted by Gasteiger charge is 2.12. The molecular weight excluding hydrogens is 280 g/mol. The smallest absolute Gasteiger partial charge is 0.259 e. The first-order valence-electron chi connectivity index (χ1n) is 6.84. The first-order chi connectivity index (χ1) is 10.5. The van der Waals surface area contributed by atoms with Gasteiger partial charge < -0.3 is 15.4 Å². The quantitative estimate of drug-likeness (QED) is 0.910. The minimum atomic E-state index is -0.246. The molecule has 2 aromatic carbocycles. The lowest BCUT2D eigenvalue weighted by Gasteiger charge is -2.11.